The van der Waals surface area contributed by atoms with Crippen LogP contribution in [0.5, 0.6) is 0 Å². The van der Waals surface area contributed by atoms with Crippen LogP contribution in [0.2, 0.25) is 0 Å². The zero-order valence-electron chi connectivity index (χ0n) is 14.7. The van der Waals surface area contributed by atoms with Crippen LogP contribution in [0.15, 0.2) is 0 Å². The van der Waals surface area contributed by atoms with Gasteiger partial charge in [-0.2, -0.15) is 0 Å². The molecule has 2 aliphatic rings. The van der Waals surface area contributed by atoms with Crippen molar-refractivity contribution in [2.75, 3.05) is 0 Å². The molecule has 0 aliphatic heterocycles. The molecular weight excluding hydrogens is 276 g/mol. The largest absolute Gasteiger partial charge is 0.393 e. The van der Waals surface area contributed by atoms with E-state index in [1.807, 2.05) is 0 Å². The normalized spacial score (nSPS) is 35.9. The van der Waals surface area contributed by atoms with Crippen LogP contribution in [0.4, 0.5) is 0 Å². The molecule has 0 aromatic rings. The molecule has 0 aromatic heterocycles. The number of rotatable bonds is 1. The molecule has 2 fully saturated rings. The molecule has 0 radical (unpaired) electrons. The Morgan fingerprint density at radius 3 is 1.73 bits per heavy atom. The Balaban J connectivity index is 0.000000255. The van der Waals surface area contributed by atoms with Gasteiger partial charge in [-0.05, 0) is 51.4 Å². The van der Waals surface area contributed by atoms with E-state index >= 15 is 0 Å². The van der Waals surface area contributed by atoms with Crippen LogP contribution in [-0.2, 0) is 0 Å². The third kappa shape index (κ3) is 8.50. The Kier molecular flexibility index (Phi) is 10.3. The van der Waals surface area contributed by atoms with Crippen molar-refractivity contribution in [2.45, 2.75) is 109 Å². The maximum absolute atomic E-state index is 9.90. The molecule has 3 N–H and O–H groups in total. The van der Waals surface area contributed by atoms with Crippen molar-refractivity contribution in [3.63, 3.8) is 0 Å². The van der Waals surface area contributed by atoms with Gasteiger partial charge in [-0.15, -0.1) is 0 Å². The van der Waals surface area contributed by atoms with E-state index in [-0.39, 0.29) is 24.2 Å². The minimum Gasteiger partial charge on any atom is -0.393 e. The average molecular weight is 315 g/mol. The van der Waals surface area contributed by atoms with Crippen LogP contribution >= 0.6 is 0 Å². The summed E-state index contributed by atoms with van der Waals surface area (Å²) in [4.78, 5) is 0. The number of hydrogen-bond donors (Lipinski definition) is 3. The van der Waals surface area contributed by atoms with E-state index in [1.54, 1.807) is 6.92 Å². The Bertz CT molecular complexity index is 249. The van der Waals surface area contributed by atoms with Gasteiger partial charge in [0, 0.05) is 5.92 Å². The van der Waals surface area contributed by atoms with E-state index in [1.165, 1.54) is 38.5 Å². The number of hydrogen-bond acceptors (Lipinski definition) is 3. The fourth-order valence-corrected chi connectivity index (χ4v) is 3.65. The molecule has 0 aromatic carbocycles. The SMILES string of the molecule is CC(O)C1CCCCCCCCC1O.CC1CCC(O)CC1. The molecule has 3 heteroatoms. The van der Waals surface area contributed by atoms with Crippen molar-refractivity contribution in [3.05, 3.63) is 0 Å². The second-order valence-electron chi connectivity index (χ2n) is 7.58. The highest BCUT2D eigenvalue weighted by atomic mass is 16.3. The fourth-order valence-electron chi connectivity index (χ4n) is 3.65. The molecule has 2 saturated carbocycles. The fraction of sp³-hybridized carbons (Fsp3) is 1.00. The van der Waals surface area contributed by atoms with Crippen molar-refractivity contribution >= 4 is 0 Å². The summed E-state index contributed by atoms with van der Waals surface area (Å²) in [5.41, 5.74) is 0. The molecule has 0 spiro atoms. The predicted octanol–water partition coefficient (Wildman–Crippen LogP) is 4.04. The van der Waals surface area contributed by atoms with Crippen LogP contribution in [0.25, 0.3) is 0 Å². The summed E-state index contributed by atoms with van der Waals surface area (Å²) in [7, 11) is 0. The van der Waals surface area contributed by atoms with Gasteiger partial charge in [-0.3, -0.25) is 0 Å². The third-order valence-corrected chi connectivity index (χ3v) is 5.39. The van der Waals surface area contributed by atoms with Crippen molar-refractivity contribution in [1.29, 1.82) is 0 Å². The van der Waals surface area contributed by atoms with Gasteiger partial charge in [0.05, 0.1) is 18.3 Å². The van der Waals surface area contributed by atoms with E-state index in [0.717, 1.165) is 44.4 Å². The van der Waals surface area contributed by atoms with Gasteiger partial charge in [0.2, 0.25) is 0 Å². The van der Waals surface area contributed by atoms with E-state index in [2.05, 4.69) is 6.92 Å². The lowest BCUT2D eigenvalue weighted by molar-refractivity contribution is 0.00944. The maximum atomic E-state index is 9.90. The molecule has 22 heavy (non-hydrogen) atoms. The lowest BCUT2D eigenvalue weighted by Crippen LogP contribution is -2.30. The van der Waals surface area contributed by atoms with Gasteiger partial charge in [0.25, 0.3) is 0 Å². The third-order valence-electron chi connectivity index (χ3n) is 5.39. The molecule has 3 atom stereocenters. The highest BCUT2D eigenvalue weighted by Gasteiger charge is 2.23. The lowest BCUT2D eigenvalue weighted by atomic mass is 9.86. The smallest absolute Gasteiger partial charge is 0.0593 e. The van der Waals surface area contributed by atoms with Gasteiger partial charge < -0.3 is 15.3 Å². The standard InChI is InChI=1S/C12H24O2.C7H14O/c1-10(13)11-8-6-4-2-3-5-7-9-12(11)14;1-6-2-4-7(8)5-3-6/h10-14H,2-9H2,1H3;6-8H,2-5H2,1H3. The maximum Gasteiger partial charge on any atom is 0.0593 e. The van der Waals surface area contributed by atoms with Gasteiger partial charge >= 0.3 is 0 Å². The lowest BCUT2D eigenvalue weighted by Gasteiger charge is -2.26. The molecule has 0 saturated heterocycles. The molecule has 0 bridgehead atoms. The van der Waals surface area contributed by atoms with Crippen LogP contribution in [0.3, 0.4) is 0 Å². The molecule has 3 unspecified atom stereocenters. The summed E-state index contributed by atoms with van der Waals surface area (Å²) in [6, 6.07) is 0. The van der Waals surface area contributed by atoms with E-state index in [4.69, 9.17) is 5.11 Å². The highest BCUT2D eigenvalue weighted by molar-refractivity contribution is 4.74. The van der Waals surface area contributed by atoms with E-state index < -0.39 is 0 Å². The Hall–Kier alpha value is -0.120. The molecular formula is C19H38O3. The molecule has 3 nitrogen and oxygen atoms in total. The molecule has 2 rings (SSSR count). The minimum absolute atomic E-state index is 0.0196. The zero-order chi connectivity index (χ0) is 16.4. The van der Waals surface area contributed by atoms with Crippen LogP contribution in [0.1, 0.15) is 90.9 Å². The summed E-state index contributed by atoms with van der Waals surface area (Å²) in [5, 5.41) is 28.5. The molecule has 2 aliphatic carbocycles. The van der Waals surface area contributed by atoms with Crippen molar-refractivity contribution in [2.24, 2.45) is 11.8 Å². The zero-order valence-corrected chi connectivity index (χ0v) is 14.7. The first-order valence-corrected chi connectivity index (χ1v) is 9.55. The average Bonchev–Trinajstić information content (AvgIpc) is 2.49. The van der Waals surface area contributed by atoms with E-state index in [9.17, 15) is 10.2 Å². The first kappa shape index (κ1) is 19.9. The monoisotopic (exact) mass is 314 g/mol. The van der Waals surface area contributed by atoms with Crippen molar-refractivity contribution < 1.29 is 15.3 Å². The summed E-state index contributed by atoms with van der Waals surface area (Å²) < 4.78 is 0. The Morgan fingerprint density at radius 1 is 0.727 bits per heavy atom. The highest BCUT2D eigenvalue weighted by Crippen LogP contribution is 2.24. The second kappa shape index (κ2) is 11.4. The minimum atomic E-state index is -0.357. The molecule has 0 heterocycles. The van der Waals surface area contributed by atoms with Crippen molar-refractivity contribution in [1.82, 2.24) is 0 Å². The van der Waals surface area contributed by atoms with Gasteiger partial charge in [-0.25, -0.2) is 0 Å². The van der Waals surface area contributed by atoms with E-state index in [0.29, 0.717) is 0 Å². The van der Waals surface area contributed by atoms with Gasteiger partial charge in [0.1, 0.15) is 0 Å². The van der Waals surface area contributed by atoms with Gasteiger partial charge in [0.15, 0.2) is 0 Å². The Morgan fingerprint density at radius 2 is 1.23 bits per heavy atom. The van der Waals surface area contributed by atoms with Crippen LogP contribution in [0, 0.1) is 11.8 Å². The predicted molar refractivity (Wildman–Crippen MR) is 91.8 cm³/mol. The summed E-state index contributed by atoms with van der Waals surface area (Å²) in [5.74, 6) is 0.964. The first-order valence-electron chi connectivity index (χ1n) is 9.55. The topological polar surface area (TPSA) is 60.7 Å². The summed E-state index contributed by atoms with van der Waals surface area (Å²) in [6.07, 6.45) is 13.1. The second-order valence-corrected chi connectivity index (χ2v) is 7.58. The molecule has 0 amide bonds. The first-order chi connectivity index (χ1) is 10.5. The summed E-state index contributed by atoms with van der Waals surface area (Å²) >= 11 is 0. The van der Waals surface area contributed by atoms with Crippen molar-refractivity contribution in [3.8, 4) is 0 Å². The van der Waals surface area contributed by atoms with Crippen LogP contribution in [-0.4, -0.2) is 33.6 Å². The quantitative estimate of drug-likeness (QED) is 0.684. The summed E-state index contributed by atoms with van der Waals surface area (Å²) in [6.45, 7) is 4.06. The van der Waals surface area contributed by atoms with Crippen LogP contribution < -0.4 is 0 Å². The molecule has 132 valence electrons. The number of aliphatic hydroxyl groups is 3. The Labute approximate surface area is 137 Å². The number of aliphatic hydroxyl groups excluding tert-OH is 3. The van der Waals surface area contributed by atoms with Gasteiger partial charge in [-0.1, -0.05) is 45.4 Å².